The van der Waals surface area contributed by atoms with Crippen LogP contribution in [0, 0.1) is 6.92 Å². The van der Waals surface area contributed by atoms with Crippen molar-refractivity contribution in [2.24, 2.45) is 0 Å². The minimum absolute atomic E-state index is 0.0174. The van der Waals surface area contributed by atoms with E-state index in [-0.39, 0.29) is 11.8 Å². The van der Waals surface area contributed by atoms with Crippen molar-refractivity contribution >= 4 is 11.6 Å². The summed E-state index contributed by atoms with van der Waals surface area (Å²) in [6, 6.07) is 6.07. The average Bonchev–Trinajstić information content (AvgIpc) is 2.46. The van der Waals surface area contributed by atoms with Crippen molar-refractivity contribution in [3.05, 3.63) is 29.3 Å². The van der Waals surface area contributed by atoms with E-state index in [2.05, 4.69) is 18.3 Å². The third-order valence-electron chi connectivity index (χ3n) is 3.05. The van der Waals surface area contributed by atoms with Gasteiger partial charge < -0.3 is 10.2 Å². The number of hydrogen-bond donors (Lipinski definition) is 1. The Balaban J connectivity index is 2.51. The second-order valence-electron chi connectivity index (χ2n) is 4.02. The Morgan fingerprint density at radius 1 is 1.47 bits per heavy atom. The van der Waals surface area contributed by atoms with Crippen molar-refractivity contribution in [2.75, 3.05) is 25.5 Å². The number of carbonyl (C=O) groups excluding carboxylic acids is 1. The first kappa shape index (κ1) is 10.2. The highest BCUT2D eigenvalue weighted by Gasteiger charge is 2.35. The molecule has 1 amide bonds. The Bertz CT molecular complexity index is 401. The second-order valence-corrected chi connectivity index (χ2v) is 4.02. The quantitative estimate of drug-likeness (QED) is 0.787. The number of aryl methyl sites for hydroxylation is 1. The topological polar surface area (TPSA) is 32.3 Å². The smallest absolute Gasteiger partial charge is 0.235 e. The third kappa shape index (κ3) is 1.43. The normalized spacial score (nSPS) is 19.5. The lowest BCUT2D eigenvalue weighted by Crippen LogP contribution is -2.29. The first-order valence-corrected chi connectivity index (χ1v) is 5.18. The van der Waals surface area contributed by atoms with E-state index in [0.717, 1.165) is 5.69 Å². The molecule has 1 N–H and O–H groups in total. The van der Waals surface area contributed by atoms with Gasteiger partial charge in [-0.2, -0.15) is 0 Å². The summed E-state index contributed by atoms with van der Waals surface area (Å²) >= 11 is 0. The molecule has 1 aliphatic heterocycles. The highest BCUT2D eigenvalue weighted by Crippen LogP contribution is 2.37. The van der Waals surface area contributed by atoms with Gasteiger partial charge in [0, 0.05) is 19.3 Å². The SMILES string of the molecule is CNCC1C(=O)N(C)c2cccc(C)c21. The average molecular weight is 204 g/mol. The second kappa shape index (κ2) is 3.66. The van der Waals surface area contributed by atoms with Crippen LogP contribution in [0.5, 0.6) is 0 Å². The lowest BCUT2D eigenvalue weighted by Gasteiger charge is -2.10. The van der Waals surface area contributed by atoms with Gasteiger partial charge in [0.25, 0.3) is 0 Å². The Morgan fingerprint density at radius 3 is 2.87 bits per heavy atom. The van der Waals surface area contributed by atoms with Gasteiger partial charge >= 0.3 is 0 Å². The highest BCUT2D eigenvalue weighted by atomic mass is 16.2. The van der Waals surface area contributed by atoms with Gasteiger partial charge in [-0.25, -0.2) is 0 Å². The molecule has 1 aliphatic rings. The van der Waals surface area contributed by atoms with Gasteiger partial charge in [-0.15, -0.1) is 0 Å². The zero-order chi connectivity index (χ0) is 11.0. The monoisotopic (exact) mass is 204 g/mol. The van der Waals surface area contributed by atoms with Crippen LogP contribution in [0.3, 0.4) is 0 Å². The maximum absolute atomic E-state index is 12.0. The lowest BCUT2D eigenvalue weighted by atomic mass is 9.96. The molecule has 1 atom stereocenters. The van der Waals surface area contributed by atoms with Crippen LogP contribution in [-0.2, 0) is 4.79 Å². The van der Waals surface area contributed by atoms with E-state index in [0.29, 0.717) is 6.54 Å². The summed E-state index contributed by atoms with van der Waals surface area (Å²) in [7, 11) is 3.72. The number of fused-ring (bicyclic) bond motifs is 1. The molecule has 0 aromatic heterocycles. The fourth-order valence-corrected chi connectivity index (χ4v) is 2.28. The molecular formula is C12H16N2O. The number of carbonyl (C=O) groups is 1. The molecule has 1 aromatic rings. The zero-order valence-corrected chi connectivity index (χ0v) is 9.37. The van der Waals surface area contributed by atoms with Crippen LogP contribution in [0.1, 0.15) is 17.0 Å². The third-order valence-corrected chi connectivity index (χ3v) is 3.05. The minimum Gasteiger partial charge on any atom is -0.319 e. The Kier molecular flexibility index (Phi) is 2.49. The Hall–Kier alpha value is -1.35. The molecule has 0 radical (unpaired) electrons. The van der Waals surface area contributed by atoms with Gasteiger partial charge in [0.15, 0.2) is 0 Å². The standard InChI is InChI=1S/C12H16N2O/c1-8-5-4-6-10-11(8)9(7-13-2)12(15)14(10)3/h4-6,9,13H,7H2,1-3H3. The summed E-state index contributed by atoms with van der Waals surface area (Å²) in [6.07, 6.45) is 0. The lowest BCUT2D eigenvalue weighted by molar-refractivity contribution is -0.118. The van der Waals surface area contributed by atoms with Crippen LogP contribution < -0.4 is 10.2 Å². The molecule has 80 valence electrons. The largest absolute Gasteiger partial charge is 0.319 e. The summed E-state index contributed by atoms with van der Waals surface area (Å²) in [5.74, 6) is 0.171. The Labute approximate surface area is 90.1 Å². The maximum atomic E-state index is 12.0. The summed E-state index contributed by atoms with van der Waals surface area (Å²) in [5.41, 5.74) is 3.44. The Morgan fingerprint density at radius 2 is 2.20 bits per heavy atom. The molecule has 3 nitrogen and oxygen atoms in total. The number of anilines is 1. The summed E-state index contributed by atoms with van der Waals surface area (Å²) in [6.45, 7) is 2.77. The van der Waals surface area contributed by atoms with Gasteiger partial charge in [0.1, 0.15) is 0 Å². The molecule has 15 heavy (non-hydrogen) atoms. The fourth-order valence-electron chi connectivity index (χ4n) is 2.28. The molecule has 1 heterocycles. The van der Waals surface area contributed by atoms with Gasteiger partial charge in [0.05, 0.1) is 5.92 Å². The van der Waals surface area contributed by atoms with Crippen LogP contribution in [0.15, 0.2) is 18.2 Å². The van der Waals surface area contributed by atoms with Crippen molar-refractivity contribution in [1.29, 1.82) is 0 Å². The minimum atomic E-state index is -0.0174. The van der Waals surface area contributed by atoms with E-state index < -0.39 is 0 Å². The van der Waals surface area contributed by atoms with Crippen LogP contribution >= 0.6 is 0 Å². The summed E-state index contributed by atoms with van der Waals surface area (Å²) in [5, 5.41) is 3.08. The zero-order valence-electron chi connectivity index (χ0n) is 9.37. The van der Waals surface area contributed by atoms with E-state index in [4.69, 9.17) is 0 Å². The number of nitrogens with zero attached hydrogens (tertiary/aromatic N) is 1. The first-order valence-electron chi connectivity index (χ1n) is 5.18. The van der Waals surface area contributed by atoms with Crippen LogP contribution in [0.25, 0.3) is 0 Å². The number of likely N-dealkylation sites (N-methyl/N-ethyl adjacent to an activating group) is 2. The van der Waals surface area contributed by atoms with Gasteiger partial charge in [-0.05, 0) is 31.2 Å². The van der Waals surface area contributed by atoms with E-state index in [1.165, 1.54) is 11.1 Å². The predicted octanol–water partition coefficient (Wildman–Crippen LogP) is 1.27. The molecule has 0 saturated carbocycles. The van der Waals surface area contributed by atoms with E-state index in [9.17, 15) is 4.79 Å². The predicted molar refractivity (Wildman–Crippen MR) is 61.3 cm³/mol. The number of nitrogens with one attached hydrogen (secondary N) is 1. The van der Waals surface area contributed by atoms with Crippen LogP contribution in [-0.4, -0.2) is 26.5 Å². The molecule has 0 fully saturated rings. The highest BCUT2D eigenvalue weighted by molar-refractivity contribution is 6.05. The van der Waals surface area contributed by atoms with Crippen molar-refractivity contribution in [3.63, 3.8) is 0 Å². The van der Waals surface area contributed by atoms with E-state index in [1.54, 1.807) is 4.90 Å². The molecule has 0 spiro atoms. The van der Waals surface area contributed by atoms with Crippen molar-refractivity contribution < 1.29 is 4.79 Å². The molecule has 0 aliphatic carbocycles. The first-order chi connectivity index (χ1) is 7.16. The van der Waals surface area contributed by atoms with Gasteiger partial charge in [-0.3, -0.25) is 4.79 Å². The van der Waals surface area contributed by atoms with E-state index >= 15 is 0 Å². The molecule has 2 rings (SSSR count). The molecule has 1 unspecified atom stereocenters. The number of rotatable bonds is 2. The van der Waals surface area contributed by atoms with Gasteiger partial charge in [-0.1, -0.05) is 12.1 Å². The molecule has 1 aromatic carbocycles. The van der Waals surface area contributed by atoms with Crippen LogP contribution in [0.4, 0.5) is 5.69 Å². The number of amides is 1. The molecular weight excluding hydrogens is 188 g/mol. The number of benzene rings is 1. The fraction of sp³-hybridized carbons (Fsp3) is 0.417. The van der Waals surface area contributed by atoms with Crippen LogP contribution in [0.2, 0.25) is 0 Å². The van der Waals surface area contributed by atoms with Crippen molar-refractivity contribution in [3.8, 4) is 0 Å². The van der Waals surface area contributed by atoms with E-state index in [1.807, 2.05) is 26.2 Å². The molecule has 3 heteroatoms. The van der Waals surface area contributed by atoms with Crippen molar-refractivity contribution in [2.45, 2.75) is 12.8 Å². The summed E-state index contributed by atoms with van der Waals surface area (Å²) < 4.78 is 0. The number of hydrogen-bond acceptors (Lipinski definition) is 2. The van der Waals surface area contributed by atoms with Crippen molar-refractivity contribution in [1.82, 2.24) is 5.32 Å². The van der Waals surface area contributed by atoms with Gasteiger partial charge in [0.2, 0.25) is 5.91 Å². The molecule has 0 bridgehead atoms. The maximum Gasteiger partial charge on any atom is 0.235 e. The molecule has 0 saturated heterocycles. The summed E-state index contributed by atoms with van der Waals surface area (Å²) in [4.78, 5) is 13.7.